The van der Waals surface area contributed by atoms with Crippen LogP contribution in [-0.2, 0) is 0 Å². The maximum absolute atomic E-state index is 6.59. The van der Waals surface area contributed by atoms with E-state index in [-0.39, 0.29) is 12.1 Å². The molecule has 0 unspecified atom stereocenters. The Bertz CT molecular complexity index is 1350. The highest BCUT2D eigenvalue weighted by Gasteiger charge is 2.43. The van der Waals surface area contributed by atoms with Crippen molar-refractivity contribution < 1.29 is 4.74 Å². The lowest BCUT2D eigenvalue weighted by Crippen LogP contribution is -2.30. The van der Waals surface area contributed by atoms with Crippen molar-refractivity contribution >= 4 is 34.6 Å². The van der Waals surface area contributed by atoms with Gasteiger partial charge >= 0.3 is 0 Å². The quantitative estimate of drug-likeness (QED) is 0.332. The van der Waals surface area contributed by atoms with Crippen molar-refractivity contribution in [2.45, 2.75) is 25.9 Å². The molecule has 1 aliphatic heterocycles. The highest BCUT2D eigenvalue weighted by Crippen LogP contribution is 2.46. The van der Waals surface area contributed by atoms with Gasteiger partial charge in [0.1, 0.15) is 5.75 Å². The van der Waals surface area contributed by atoms with E-state index in [4.69, 9.17) is 28.6 Å². The van der Waals surface area contributed by atoms with Crippen molar-refractivity contribution in [3.05, 3.63) is 107 Å². The molecule has 4 aromatic rings. The second kappa shape index (κ2) is 9.12. The van der Waals surface area contributed by atoms with Gasteiger partial charge in [0.05, 0.1) is 41.3 Å². The van der Waals surface area contributed by atoms with E-state index in [1.165, 1.54) is 0 Å². The Hall–Kier alpha value is -3.35. The first kappa shape index (κ1) is 22.4. The average molecular weight is 489 g/mol. The molecule has 0 saturated carbocycles. The molecular formula is C27H25ClN4OS. The van der Waals surface area contributed by atoms with Gasteiger partial charge in [0.25, 0.3) is 0 Å². The zero-order valence-electron chi connectivity index (χ0n) is 19.2. The van der Waals surface area contributed by atoms with E-state index in [0.717, 1.165) is 39.8 Å². The second-order valence-electron chi connectivity index (χ2n) is 8.28. The van der Waals surface area contributed by atoms with E-state index in [1.807, 2.05) is 72.9 Å². The normalized spacial score (nSPS) is 17.6. The SMILES string of the molecule is COc1ccccc1N1C(=S)N[C@H](c2ccccn2)[C@@H]1c1cc(C)n(-c2ccccc2Cl)c1C. The Balaban J connectivity index is 1.72. The topological polar surface area (TPSA) is 42.3 Å². The molecule has 0 amide bonds. The molecule has 5 rings (SSSR count). The Labute approximate surface area is 210 Å². The Kier molecular flexibility index (Phi) is 6.02. The minimum absolute atomic E-state index is 0.138. The summed E-state index contributed by atoms with van der Waals surface area (Å²) in [7, 11) is 1.68. The van der Waals surface area contributed by atoms with E-state index >= 15 is 0 Å². The molecular weight excluding hydrogens is 464 g/mol. The molecule has 2 aromatic heterocycles. The molecule has 0 spiro atoms. The summed E-state index contributed by atoms with van der Waals surface area (Å²) in [6.07, 6.45) is 1.82. The maximum Gasteiger partial charge on any atom is 0.174 e. The van der Waals surface area contributed by atoms with Crippen molar-refractivity contribution in [1.82, 2.24) is 14.9 Å². The Morgan fingerprint density at radius 1 is 0.971 bits per heavy atom. The van der Waals surface area contributed by atoms with Crippen molar-refractivity contribution in [2.75, 3.05) is 12.0 Å². The number of aromatic nitrogens is 2. The average Bonchev–Trinajstić information content (AvgIpc) is 3.35. The number of benzene rings is 2. The van der Waals surface area contributed by atoms with E-state index in [0.29, 0.717) is 10.1 Å². The number of anilines is 1. The van der Waals surface area contributed by atoms with E-state index in [9.17, 15) is 0 Å². The zero-order valence-corrected chi connectivity index (χ0v) is 20.8. The number of nitrogens with zero attached hydrogens (tertiary/aromatic N) is 3. The lowest BCUT2D eigenvalue weighted by atomic mass is 9.96. The van der Waals surface area contributed by atoms with Gasteiger partial charge in [-0.25, -0.2) is 0 Å². The number of rotatable bonds is 5. The molecule has 0 radical (unpaired) electrons. The van der Waals surface area contributed by atoms with Crippen molar-refractivity contribution in [3.8, 4) is 11.4 Å². The first-order valence-corrected chi connectivity index (χ1v) is 11.9. The lowest BCUT2D eigenvalue weighted by molar-refractivity contribution is 0.414. The highest BCUT2D eigenvalue weighted by molar-refractivity contribution is 7.80. The predicted octanol–water partition coefficient (Wildman–Crippen LogP) is 6.33. The largest absolute Gasteiger partial charge is 0.495 e. The number of halogens is 1. The minimum Gasteiger partial charge on any atom is -0.495 e. The third-order valence-corrected chi connectivity index (χ3v) is 6.96. The monoisotopic (exact) mass is 488 g/mol. The number of pyridine rings is 1. The summed E-state index contributed by atoms with van der Waals surface area (Å²) < 4.78 is 7.91. The molecule has 1 aliphatic rings. The van der Waals surface area contributed by atoms with Crippen LogP contribution < -0.4 is 15.0 Å². The van der Waals surface area contributed by atoms with Gasteiger partial charge < -0.3 is 19.5 Å². The first-order chi connectivity index (χ1) is 16.5. The van der Waals surface area contributed by atoms with Crippen LogP contribution in [0.5, 0.6) is 5.75 Å². The van der Waals surface area contributed by atoms with Gasteiger partial charge in [-0.15, -0.1) is 0 Å². The summed E-state index contributed by atoms with van der Waals surface area (Å²) in [6, 6.07) is 23.8. The van der Waals surface area contributed by atoms with E-state index < -0.39 is 0 Å². The molecule has 3 heterocycles. The summed E-state index contributed by atoms with van der Waals surface area (Å²) in [4.78, 5) is 6.81. The smallest absolute Gasteiger partial charge is 0.174 e. The van der Waals surface area contributed by atoms with Gasteiger partial charge in [0, 0.05) is 17.6 Å². The number of aryl methyl sites for hydroxylation is 1. The van der Waals surface area contributed by atoms with Crippen LogP contribution in [0.2, 0.25) is 5.02 Å². The molecule has 1 N–H and O–H groups in total. The van der Waals surface area contributed by atoms with Gasteiger partial charge in [-0.1, -0.05) is 41.9 Å². The van der Waals surface area contributed by atoms with Gasteiger partial charge in [0.2, 0.25) is 0 Å². The molecule has 0 aliphatic carbocycles. The number of ether oxygens (including phenoxy) is 1. The number of nitrogens with one attached hydrogen (secondary N) is 1. The van der Waals surface area contributed by atoms with Crippen LogP contribution in [0.25, 0.3) is 5.69 Å². The number of hydrogen-bond donors (Lipinski definition) is 1. The molecule has 7 heteroatoms. The van der Waals surface area contributed by atoms with Crippen molar-refractivity contribution in [2.24, 2.45) is 0 Å². The van der Waals surface area contributed by atoms with Crippen LogP contribution in [0.1, 0.15) is 34.7 Å². The molecule has 1 saturated heterocycles. The van der Waals surface area contributed by atoms with Crippen molar-refractivity contribution in [3.63, 3.8) is 0 Å². The lowest BCUT2D eigenvalue weighted by Gasteiger charge is -2.29. The van der Waals surface area contributed by atoms with Gasteiger partial charge in [-0.2, -0.15) is 0 Å². The zero-order chi connectivity index (χ0) is 23.8. The second-order valence-corrected chi connectivity index (χ2v) is 9.08. The van der Waals surface area contributed by atoms with Crippen molar-refractivity contribution in [1.29, 1.82) is 0 Å². The third kappa shape index (κ3) is 3.73. The minimum atomic E-state index is -0.140. The summed E-state index contributed by atoms with van der Waals surface area (Å²) in [5.74, 6) is 0.762. The molecule has 0 bridgehead atoms. The highest BCUT2D eigenvalue weighted by atomic mass is 35.5. The third-order valence-electron chi connectivity index (χ3n) is 6.33. The first-order valence-electron chi connectivity index (χ1n) is 11.1. The van der Waals surface area contributed by atoms with Crippen LogP contribution in [0.4, 0.5) is 5.69 Å². The van der Waals surface area contributed by atoms with Crippen LogP contribution in [0.3, 0.4) is 0 Å². The summed E-state index contributed by atoms with van der Waals surface area (Å²) in [5.41, 5.74) is 6.13. The van der Waals surface area contributed by atoms with E-state index in [1.54, 1.807) is 7.11 Å². The fraction of sp³-hybridized carbons (Fsp3) is 0.185. The standard InChI is InChI=1S/C27H25ClN4OS/c1-17-16-19(18(2)31(17)22-12-5-4-10-20(22)28)26-25(21-11-8-9-15-29-21)30-27(34)32(26)23-13-6-7-14-24(23)33-3/h4-16,25-26H,1-3H3,(H,30,34)/t25-,26+/m1/s1. The fourth-order valence-corrected chi connectivity index (χ4v) is 5.41. The molecule has 5 nitrogen and oxygen atoms in total. The predicted molar refractivity (Wildman–Crippen MR) is 141 cm³/mol. The molecule has 2 aromatic carbocycles. The maximum atomic E-state index is 6.59. The van der Waals surface area contributed by atoms with Crippen LogP contribution in [-0.4, -0.2) is 21.8 Å². The number of methoxy groups -OCH3 is 1. The molecule has 2 atom stereocenters. The van der Waals surface area contributed by atoms with Crippen LogP contribution >= 0.6 is 23.8 Å². The fourth-order valence-electron chi connectivity index (χ4n) is 4.85. The van der Waals surface area contributed by atoms with Crippen LogP contribution in [0, 0.1) is 13.8 Å². The van der Waals surface area contributed by atoms with Crippen LogP contribution in [0.15, 0.2) is 79.0 Å². The Morgan fingerprint density at radius 3 is 2.38 bits per heavy atom. The summed E-state index contributed by atoms with van der Waals surface area (Å²) in [5, 5.41) is 4.87. The Morgan fingerprint density at radius 2 is 1.68 bits per heavy atom. The summed E-state index contributed by atoms with van der Waals surface area (Å²) in [6.45, 7) is 4.23. The summed E-state index contributed by atoms with van der Waals surface area (Å²) >= 11 is 12.5. The molecule has 1 fully saturated rings. The number of thiocarbonyl (C=S) groups is 1. The van der Waals surface area contributed by atoms with Gasteiger partial charge in [0.15, 0.2) is 5.11 Å². The number of hydrogen-bond acceptors (Lipinski definition) is 3. The van der Waals surface area contributed by atoms with Gasteiger partial charge in [-0.05, 0) is 74.1 Å². The van der Waals surface area contributed by atoms with E-state index in [2.05, 4.69) is 39.7 Å². The van der Waals surface area contributed by atoms with Gasteiger partial charge in [-0.3, -0.25) is 4.98 Å². The number of para-hydroxylation sites is 3. The molecule has 172 valence electrons. The molecule has 34 heavy (non-hydrogen) atoms.